The number of nitrogens with zero attached hydrogens (tertiary/aromatic N) is 1. The Balaban J connectivity index is 1.45. The Morgan fingerprint density at radius 1 is 0.853 bits per heavy atom. The molecule has 0 radical (unpaired) electrons. The van der Waals surface area contributed by atoms with Crippen molar-refractivity contribution in [2.75, 3.05) is 18.8 Å². The van der Waals surface area contributed by atoms with E-state index in [-0.39, 0.29) is 0 Å². The first-order valence-corrected chi connectivity index (χ1v) is 12.9. The van der Waals surface area contributed by atoms with Crippen LogP contribution in [0.1, 0.15) is 35.6 Å². The molecule has 180 valence electrons. The molecule has 1 heterocycles. The molecule has 3 aromatic carbocycles. The summed E-state index contributed by atoms with van der Waals surface area (Å²) in [5.74, 6) is -1.33. The van der Waals surface area contributed by atoms with Crippen molar-refractivity contribution >= 4 is 10.0 Å². The standard InChI is InChI=1S/C26H28F2N2O3S/c27-23-10-6-21(7-11-23)25(22-8-12-24(28)13-9-22)29-34(32,33)19-26(31)14-16-30(17-15-26)18-20-4-2-1-3-5-20/h1-13,25,29,31H,14-19H2. The predicted octanol–water partition coefficient (Wildman–Crippen LogP) is 4.00. The van der Waals surface area contributed by atoms with Crippen LogP contribution in [0.15, 0.2) is 78.9 Å². The lowest BCUT2D eigenvalue weighted by Gasteiger charge is -2.38. The smallest absolute Gasteiger partial charge is 0.215 e. The predicted molar refractivity (Wildman–Crippen MR) is 127 cm³/mol. The van der Waals surface area contributed by atoms with Gasteiger partial charge in [0.15, 0.2) is 0 Å². The molecular formula is C26H28F2N2O3S. The van der Waals surface area contributed by atoms with E-state index in [1.165, 1.54) is 54.1 Å². The Morgan fingerprint density at radius 2 is 1.35 bits per heavy atom. The molecule has 1 aliphatic rings. The monoisotopic (exact) mass is 486 g/mol. The van der Waals surface area contributed by atoms with Gasteiger partial charge in [-0.15, -0.1) is 0 Å². The maximum absolute atomic E-state index is 13.4. The summed E-state index contributed by atoms with van der Waals surface area (Å²) in [7, 11) is -3.94. The lowest BCUT2D eigenvalue weighted by molar-refractivity contribution is -0.00469. The number of aliphatic hydroxyl groups is 1. The number of rotatable bonds is 8. The quantitative estimate of drug-likeness (QED) is 0.505. The van der Waals surface area contributed by atoms with Crippen LogP contribution in [0.25, 0.3) is 0 Å². The van der Waals surface area contributed by atoms with Crippen LogP contribution >= 0.6 is 0 Å². The molecule has 5 nitrogen and oxygen atoms in total. The fourth-order valence-electron chi connectivity index (χ4n) is 4.33. The zero-order valence-electron chi connectivity index (χ0n) is 18.7. The number of piperidine rings is 1. The van der Waals surface area contributed by atoms with Crippen LogP contribution in [0.2, 0.25) is 0 Å². The molecule has 0 bridgehead atoms. The van der Waals surface area contributed by atoms with Crippen molar-refractivity contribution in [2.45, 2.75) is 31.0 Å². The maximum Gasteiger partial charge on any atom is 0.215 e. The van der Waals surface area contributed by atoms with E-state index in [9.17, 15) is 22.3 Å². The number of halogens is 2. The molecule has 0 amide bonds. The summed E-state index contributed by atoms with van der Waals surface area (Å²) in [5.41, 5.74) is 0.848. The Kier molecular flexibility index (Phi) is 7.42. The Hall–Kier alpha value is -2.65. The van der Waals surface area contributed by atoms with E-state index in [4.69, 9.17) is 0 Å². The van der Waals surface area contributed by atoms with Crippen molar-refractivity contribution in [3.63, 3.8) is 0 Å². The molecule has 0 atom stereocenters. The Bertz CT molecular complexity index is 1130. The molecule has 1 aliphatic heterocycles. The number of nitrogens with one attached hydrogen (secondary N) is 1. The highest BCUT2D eigenvalue weighted by Gasteiger charge is 2.37. The minimum Gasteiger partial charge on any atom is -0.389 e. The molecule has 8 heteroatoms. The highest BCUT2D eigenvalue weighted by molar-refractivity contribution is 7.89. The van der Waals surface area contributed by atoms with E-state index in [1.54, 1.807) is 0 Å². The number of sulfonamides is 1. The maximum atomic E-state index is 13.4. The van der Waals surface area contributed by atoms with Gasteiger partial charge in [-0.05, 0) is 53.8 Å². The third-order valence-corrected chi connectivity index (χ3v) is 7.71. The van der Waals surface area contributed by atoms with Crippen LogP contribution < -0.4 is 4.72 Å². The van der Waals surface area contributed by atoms with Gasteiger partial charge in [-0.3, -0.25) is 4.90 Å². The summed E-state index contributed by atoms with van der Waals surface area (Å²) >= 11 is 0. The number of benzene rings is 3. The average molecular weight is 487 g/mol. The van der Waals surface area contributed by atoms with Crippen molar-refractivity contribution in [1.29, 1.82) is 0 Å². The molecule has 3 aromatic rings. The largest absolute Gasteiger partial charge is 0.389 e. The Labute approximate surface area is 199 Å². The van der Waals surface area contributed by atoms with Gasteiger partial charge in [0.1, 0.15) is 11.6 Å². The van der Waals surface area contributed by atoms with Gasteiger partial charge in [0, 0.05) is 19.6 Å². The van der Waals surface area contributed by atoms with Crippen LogP contribution in [0.5, 0.6) is 0 Å². The molecular weight excluding hydrogens is 458 g/mol. The summed E-state index contributed by atoms with van der Waals surface area (Å²) < 4.78 is 55.8. The lowest BCUT2D eigenvalue weighted by atomic mass is 9.93. The topological polar surface area (TPSA) is 69.6 Å². The number of hydrogen-bond donors (Lipinski definition) is 2. The fourth-order valence-corrected chi connectivity index (χ4v) is 6.04. The molecule has 1 fully saturated rings. The van der Waals surface area contributed by atoms with Crippen LogP contribution in [0.3, 0.4) is 0 Å². The molecule has 34 heavy (non-hydrogen) atoms. The molecule has 0 aromatic heterocycles. The molecule has 0 saturated carbocycles. The number of likely N-dealkylation sites (tertiary alicyclic amines) is 1. The number of hydrogen-bond acceptors (Lipinski definition) is 4. The average Bonchev–Trinajstić information content (AvgIpc) is 2.81. The van der Waals surface area contributed by atoms with Crippen LogP contribution in [0, 0.1) is 11.6 Å². The van der Waals surface area contributed by atoms with Gasteiger partial charge >= 0.3 is 0 Å². The first-order chi connectivity index (χ1) is 16.2. The van der Waals surface area contributed by atoms with E-state index in [2.05, 4.69) is 9.62 Å². The van der Waals surface area contributed by atoms with E-state index in [0.717, 1.165) is 6.54 Å². The highest BCUT2D eigenvalue weighted by atomic mass is 32.2. The second-order valence-electron chi connectivity index (χ2n) is 8.90. The molecule has 0 spiro atoms. The van der Waals surface area contributed by atoms with Crippen molar-refractivity contribution in [2.24, 2.45) is 0 Å². The lowest BCUT2D eigenvalue weighted by Crippen LogP contribution is -2.50. The first-order valence-electron chi connectivity index (χ1n) is 11.2. The van der Waals surface area contributed by atoms with Crippen molar-refractivity contribution < 1.29 is 22.3 Å². The summed E-state index contributed by atoms with van der Waals surface area (Å²) in [6.07, 6.45) is 0.664. The SMILES string of the molecule is O=S(=O)(CC1(O)CCN(Cc2ccccc2)CC1)NC(c1ccc(F)cc1)c1ccc(F)cc1. The van der Waals surface area contributed by atoms with E-state index < -0.39 is 39.1 Å². The highest BCUT2D eigenvalue weighted by Crippen LogP contribution is 2.28. The van der Waals surface area contributed by atoms with Gasteiger partial charge < -0.3 is 5.11 Å². The zero-order valence-corrected chi connectivity index (χ0v) is 19.5. The van der Waals surface area contributed by atoms with Gasteiger partial charge in [0.2, 0.25) is 10.0 Å². The van der Waals surface area contributed by atoms with Crippen LogP contribution in [0.4, 0.5) is 8.78 Å². The van der Waals surface area contributed by atoms with Crippen molar-refractivity contribution in [1.82, 2.24) is 9.62 Å². The van der Waals surface area contributed by atoms with Gasteiger partial charge in [-0.1, -0.05) is 54.6 Å². The summed E-state index contributed by atoms with van der Waals surface area (Å²) in [4.78, 5) is 2.20. The molecule has 2 N–H and O–H groups in total. The van der Waals surface area contributed by atoms with Crippen molar-refractivity contribution in [3.8, 4) is 0 Å². The third kappa shape index (κ3) is 6.48. The fraction of sp³-hybridized carbons (Fsp3) is 0.308. The minimum absolute atomic E-state index is 0.332. The summed E-state index contributed by atoms with van der Waals surface area (Å²) in [5, 5.41) is 11.1. The molecule has 4 rings (SSSR count). The summed E-state index contributed by atoms with van der Waals surface area (Å²) in [6.45, 7) is 1.92. The minimum atomic E-state index is -3.94. The van der Waals surface area contributed by atoms with Gasteiger partial charge in [0.05, 0.1) is 17.4 Å². The Morgan fingerprint density at radius 3 is 1.85 bits per heavy atom. The zero-order chi connectivity index (χ0) is 24.2. The van der Waals surface area contributed by atoms with Crippen molar-refractivity contribution in [3.05, 3.63) is 107 Å². The second kappa shape index (κ2) is 10.3. The van der Waals surface area contributed by atoms with E-state index in [1.807, 2.05) is 30.3 Å². The van der Waals surface area contributed by atoms with Crippen LogP contribution in [-0.2, 0) is 16.6 Å². The van der Waals surface area contributed by atoms with Gasteiger partial charge in [-0.25, -0.2) is 21.9 Å². The molecule has 0 unspecified atom stereocenters. The third-order valence-electron chi connectivity index (χ3n) is 6.20. The van der Waals surface area contributed by atoms with Gasteiger partial charge in [-0.2, -0.15) is 0 Å². The van der Waals surface area contributed by atoms with E-state index >= 15 is 0 Å². The molecule has 1 saturated heterocycles. The van der Waals surface area contributed by atoms with Crippen LogP contribution in [-0.4, -0.2) is 42.9 Å². The molecule has 0 aliphatic carbocycles. The van der Waals surface area contributed by atoms with E-state index in [0.29, 0.717) is 37.1 Å². The normalized spacial score (nSPS) is 16.6. The summed E-state index contributed by atoms with van der Waals surface area (Å²) in [6, 6.07) is 20.1. The van der Waals surface area contributed by atoms with Gasteiger partial charge in [0.25, 0.3) is 0 Å². The first kappa shape index (κ1) is 24.5. The second-order valence-corrected chi connectivity index (χ2v) is 10.7.